The molecule has 1 atom stereocenters. The van der Waals surface area contributed by atoms with Crippen molar-refractivity contribution in [3.63, 3.8) is 0 Å². The van der Waals surface area contributed by atoms with E-state index in [2.05, 4.69) is 5.32 Å². The van der Waals surface area contributed by atoms with Crippen LogP contribution in [-0.4, -0.2) is 34.9 Å². The van der Waals surface area contributed by atoms with Gasteiger partial charge in [0.1, 0.15) is 11.8 Å². The van der Waals surface area contributed by atoms with Crippen molar-refractivity contribution >= 4 is 23.4 Å². The van der Waals surface area contributed by atoms with Gasteiger partial charge in [-0.1, -0.05) is 72.3 Å². The number of nitrogens with one attached hydrogen (secondary N) is 1. The predicted molar refractivity (Wildman–Crippen MR) is 136 cm³/mol. The number of nitrogens with zero attached hydrogens (tertiary/aromatic N) is 1. The van der Waals surface area contributed by atoms with Gasteiger partial charge in [-0.15, -0.1) is 0 Å². The van der Waals surface area contributed by atoms with Crippen LogP contribution in [0, 0.1) is 0 Å². The van der Waals surface area contributed by atoms with E-state index in [9.17, 15) is 9.59 Å². The van der Waals surface area contributed by atoms with E-state index in [1.165, 1.54) is 0 Å². The molecule has 0 bridgehead atoms. The number of rotatable bonds is 9. The number of carbonyl (C=O) groups excluding carboxylic acids is 2. The quantitative estimate of drug-likeness (QED) is 0.455. The second kappa shape index (κ2) is 11.7. The minimum absolute atomic E-state index is 0.182. The van der Waals surface area contributed by atoms with Crippen molar-refractivity contribution in [1.29, 1.82) is 0 Å². The van der Waals surface area contributed by atoms with Gasteiger partial charge in [-0.25, -0.2) is 0 Å². The molecule has 0 aliphatic heterocycles. The van der Waals surface area contributed by atoms with Crippen LogP contribution in [0.1, 0.15) is 31.9 Å². The maximum atomic E-state index is 13.5. The summed E-state index contributed by atoms with van der Waals surface area (Å²) in [5, 5.41) is 3.62. The van der Waals surface area contributed by atoms with Gasteiger partial charge < -0.3 is 15.0 Å². The van der Waals surface area contributed by atoms with Crippen LogP contribution in [0.3, 0.4) is 0 Å². The lowest BCUT2D eigenvalue weighted by atomic mass is 10.0. The molecule has 0 aromatic heterocycles. The van der Waals surface area contributed by atoms with E-state index in [-0.39, 0.29) is 25.0 Å². The van der Waals surface area contributed by atoms with E-state index < -0.39 is 11.6 Å². The number of hydrogen-bond donors (Lipinski definition) is 1. The lowest BCUT2D eigenvalue weighted by molar-refractivity contribution is -0.143. The smallest absolute Gasteiger partial charge is 0.261 e. The summed E-state index contributed by atoms with van der Waals surface area (Å²) in [5.74, 6) is 0.0950. The molecule has 3 aromatic carbocycles. The molecule has 0 aliphatic rings. The summed E-state index contributed by atoms with van der Waals surface area (Å²) < 4.78 is 5.74. The van der Waals surface area contributed by atoms with Crippen molar-refractivity contribution in [3.8, 4) is 5.75 Å². The van der Waals surface area contributed by atoms with Crippen LogP contribution in [0.15, 0.2) is 84.9 Å². The predicted octanol–water partition coefficient (Wildman–Crippen LogP) is 5.27. The molecule has 1 N–H and O–H groups in total. The van der Waals surface area contributed by atoms with Crippen LogP contribution in [0.4, 0.5) is 0 Å². The molecule has 0 spiro atoms. The molecule has 178 valence electrons. The first-order valence-electron chi connectivity index (χ1n) is 11.3. The Morgan fingerprint density at radius 1 is 0.912 bits per heavy atom. The van der Waals surface area contributed by atoms with Gasteiger partial charge in [0.15, 0.2) is 6.61 Å². The molecular weight excluding hydrogens is 448 g/mol. The molecule has 0 saturated carbocycles. The summed E-state index contributed by atoms with van der Waals surface area (Å²) in [5.41, 5.74) is 1.35. The second-order valence-corrected chi connectivity index (χ2v) is 9.63. The minimum atomic E-state index is -0.729. The van der Waals surface area contributed by atoms with Crippen LogP contribution in [0.25, 0.3) is 0 Å². The number of para-hydroxylation sites is 1. The van der Waals surface area contributed by atoms with E-state index in [1.807, 2.05) is 81.4 Å². The Morgan fingerprint density at radius 2 is 1.53 bits per heavy atom. The zero-order valence-corrected chi connectivity index (χ0v) is 20.6. The number of carbonyl (C=O) groups is 2. The zero-order valence-electron chi connectivity index (χ0n) is 19.8. The van der Waals surface area contributed by atoms with Crippen molar-refractivity contribution in [1.82, 2.24) is 10.2 Å². The highest BCUT2D eigenvalue weighted by atomic mass is 35.5. The highest BCUT2D eigenvalue weighted by Gasteiger charge is 2.32. The number of ether oxygens (including phenoxy) is 1. The SMILES string of the molecule is CC(C)(C)NC(=O)[C@@H](Cc1ccccc1)N(Cc1cccc(Cl)c1)C(=O)COc1ccccc1. The molecule has 5 nitrogen and oxygen atoms in total. The van der Waals surface area contributed by atoms with Gasteiger partial charge in [-0.3, -0.25) is 9.59 Å². The maximum Gasteiger partial charge on any atom is 0.261 e. The van der Waals surface area contributed by atoms with E-state index in [4.69, 9.17) is 16.3 Å². The topological polar surface area (TPSA) is 58.6 Å². The average Bonchev–Trinajstić information content (AvgIpc) is 2.80. The summed E-state index contributed by atoms with van der Waals surface area (Å²) in [6, 6.07) is 25.4. The van der Waals surface area contributed by atoms with E-state index in [0.717, 1.165) is 11.1 Å². The Hall–Kier alpha value is -3.31. The first kappa shape index (κ1) is 25.3. The number of benzene rings is 3. The molecule has 34 heavy (non-hydrogen) atoms. The standard InChI is InChI=1S/C28H31ClN2O3/c1-28(2,3)30-27(33)25(18-21-11-6-4-7-12-21)31(19-22-13-10-14-23(29)17-22)26(32)20-34-24-15-8-5-9-16-24/h4-17,25H,18-20H2,1-3H3,(H,30,33)/t25-/m1/s1. The van der Waals surface area contributed by atoms with Crippen LogP contribution in [-0.2, 0) is 22.6 Å². The largest absolute Gasteiger partial charge is 0.484 e. The van der Waals surface area contributed by atoms with Gasteiger partial charge in [-0.2, -0.15) is 0 Å². The number of halogens is 1. The summed E-state index contributed by atoms with van der Waals surface area (Å²) in [6.07, 6.45) is 0.375. The van der Waals surface area contributed by atoms with Crippen molar-refractivity contribution in [3.05, 3.63) is 101 Å². The molecule has 0 aliphatic carbocycles. The van der Waals surface area contributed by atoms with Crippen LogP contribution < -0.4 is 10.1 Å². The van der Waals surface area contributed by atoms with Crippen molar-refractivity contribution in [2.75, 3.05) is 6.61 Å². The number of amides is 2. The molecule has 0 saturated heterocycles. The molecule has 2 amide bonds. The Balaban J connectivity index is 1.92. The number of hydrogen-bond acceptors (Lipinski definition) is 3. The minimum Gasteiger partial charge on any atom is -0.484 e. The molecule has 3 aromatic rings. The van der Waals surface area contributed by atoms with Gasteiger partial charge >= 0.3 is 0 Å². The summed E-state index contributed by atoms with van der Waals surface area (Å²) >= 11 is 6.20. The third kappa shape index (κ3) is 7.92. The first-order valence-corrected chi connectivity index (χ1v) is 11.7. The summed E-state index contributed by atoms with van der Waals surface area (Å²) in [4.78, 5) is 28.6. The van der Waals surface area contributed by atoms with Crippen molar-refractivity contribution in [2.24, 2.45) is 0 Å². The fourth-order valence-electron chi connectivity index (χ4n) is 3.58. The van der Waals surface area contributed by atoms with E-state index >= 15 is 0 Å². The fraction of sp³-hybridized carbons (Fsp3) is 0.286. The molecular formula is C28H31ClN2O3. The molecule has 3 rings (SSSR count). The van der Waals surface area contributed by atoms with Gasteiger partial charge in [-0.05, 0) is 56.2 Å². The lowest BCUT2D eigenvalue weighted by Gasteiger charge is -2.33. The monoisotopic (exact) mass is 478 g/mol. The van der Waals surface area contributed by atoms with Gasteiger partial charge in [0.05, 0.1) is 0 Å². The van der Waals surface area contributed by atoms with Crippen LogP contribution >= 0.6 is 11.6 Å². The third-order valence-corrected chi connectivity index (χ3v) is 5.35. The van der Waals surface area contributed by atoms with Gasteiger partial charge in [0.2, 0.25) is 5.91 Å². The second-order valence-electron chi connectivity index (χ2n) is 9.20. The third-order valence-electron chi connectivity index (χ3n) is 5.12. The molecule has 0 fully saturated rings. The van der Waals surface area contributed by atoms with Crippen LogP contribution in [0.5, 0.6) is 5.75 Å². The van der Waals surface area contributed by atoms with Crippen molar-refractivity contribution in [2.45, 2.75) is 45.3 Å². The molecule has 0 radical (unpaired) electrons. The molecule has 0 heterocycles. The van der Waals surface area contributed by atoms with Gasteiger partial charge in [0.25, 0.3) is 5.91 Å². The van der Waals surface area contributed by atoms with E-state index in [1.54, 1.807) is 29.2 Å². The molecule has 0 unspecified atom stereocenters. The van der Waals surface area contributed by atoms with E-state index in [0.29, 0.717) is 17.2 Å². The Morgan fingerprint density at radius 3 is 2.15 bits per heavy atom. The van der Waals surface area contributed by atoms with Crippen LogP contribution in [0.2, 0.25) is 5.02 Å². The van der Waals surface area contributed by atoms with Gasteiger partial charge in [0, 0.05) is 23.5 Å². The summed E-state index contributed by atoms with van der Waals surface area (Å²) in [6.45, 7) is 5.82. The average molecular weight is 479 g/mol. The Labute approximate surface area is 206 Å². The fourth-order valence-corrected chi connectivity index (χ4v) is 3.80. The normalized spacial score (nSPS) is 12.0. The lowest BCUT2D eigenvalue weighted by Crippen LogP contribution is -2.55. The maximum absolute atomic E-state index is 13.5. The first-order chi connectivity index (χ1) is 16.2. The summed E-state index contributed by atoms with van der Waals surface area (Å²) in [7, 11) is 0. The zero-order chi connectivity index (χ0) is 24.6. The van der Waals surface area contributed by atoms with Crippen molar-refractivity contribution < 1.29 is 14.3 Å². The highest BCUT2D eigenvalue weighted by Crippen LogP contribution is 2.19. The molecule has 6 heteroatoms. The Bertz CT molecular complexity index is 1080. The highest BCUT2D eigenvalue weighted by molar-refractivity contribution is 6.30. The Kier molecular flexibility index (Phi) is 8.72.